The Balaban J connectivity index is 2.28. The lowest BCUT2D eigenvalue weighted by Crippen LogP contribution is -2.38. The van der Waals surface area contributed by atoms with Crippen LogP contribution in [0.25, 0.3) is 0 Å². The summed E-state index contributed by atoms with van der Waals surface area (Å²) < 4.78 is 0. The number of carbonyl (C=O) groups is 1. The Morgan fingerprint density at radius 1 is 1.47 bits per heavy atom. The Morgan fingerprint density at radius 2 is 2.21 bits per heavy atom. The van der Waals surface area contributed by atoms with Crippen LogP contribution in [0.3, 0.4) is 0 Å². The molecule has 0 spiro atoms. The van der Waals surface area contributed by atoms with Gasteiger partial charge in [0.2, 0.25) is 0 Å². The molecule has 1 aliphatic heterocycles. The molecule has 1 fully saturated rings. The zero-order valence-electron chi connectivity index (χ0n) is 10.8. The molecule has 0 amide bonds. The first kappa shape index (κ1) is 14.6. The van der Waals surface area contributed by atoms with Gasteiger partial charge in [-0.1, -0.05) is 36.2 Å². The average Bonchev–Trinajstić information content (AvgIpc) is 2.84. The van der Waals surface area contributed by atoms with E-state index >= 15 is 0 Å². The van der Waals surface area contributed by atoms with E-state index in [-0.39, 0.29) is 12.1 Å². The molecule has 1 N–H and O–H groups in total. The maximum atomic E-state index is 11.3. The molecule has 5 heteroatoms. The summed E-state index contributed by atoms with van der Waals surface area (Å²) in [4.78, 5) is 13.4. The van der Waals surface area contributed by atoms with Crippen molar-refractivity contribution in [2.45, 2.75) is 38.3 Å². The van der Waals surface area contributed by atoms with Crippen LogP contribution in [0.15, 0.2) is 18.2 Å². The van der Waals surface area contributed by atoms with E-state index < -0.39 is 5.97 Å². The Kier molecular flexibility index (Phi) is 4.71. The van der Waals surface area contributed by atoms with Gasteiger partial charge >= 0.3 is 5.97 Å². The largest absolute Gasteiger partial charge is 0.480 e. The molecule has 2 atom stereocenters. The number of nitrogens with zero attached hydrogens (tertiary/aromatic N) is 1. The highest BCUT2D eigenvalue weighted by molar-refractivity contribution is 6.42. The maximum Gasteiger partial charge on any atom is 0.320 e. The first-order chi connectivity index (χ1) is 9.04. The standard InChI is InChI=1S/C14H17Cl2NO2/c1-2-12(9-5-6-10(15)11(16)8-9)17-7-3-4-13(17)14(18)19/h5-6,8,12-13H,2-4,7H2,1H3,(H,18,19). The quantitative estimate of drug-likeness (QED) is 0.914. The van der Waals surface area contributed by atoms with Gasteiger partial charge < -0.3 is 5.11 Å². The van der Waals surface area contributed by atoms with Crippen molar-refractivity contribution < 1.29 is 9.90 Å². The molecular weight excluding hydrogens is 285 g/mol. The number of halogens is 2. The summed E-state index contributed by atoms with van der Waals surface area (Å²) in [6, 6.07) is 5.24. The van der Waals surface area contributed by atoms with Crippen LogP contribution in [0.2, 0.25) is 10.0 Å². The second-order valence-electron chi connectivity index (χ2n) is 4.83. The van der Waals surface area contributed by atoms with Crippen LogP contribution in [-0.2, 0) is 4.79 Å². The molecule has 0 bridgehead atoms. The van der Waals surface area contributed by atoms with Crippen LogP contribution in [0.4, 0.5) is 0 Å². The van der Waals surface area contributed by atoms with Gasteiger partial charge in [0, 0.05) is 6.04 Å². The molecule has 1 aliphatic rings. The van der Waals surface area contributed by atoms with E-state index in [0.29, 0.717) is 16.5 Å². The second kappa shape index (κ2) is 6.12. The molecule has 2 unspecified atom stereocenters. The van der Waals surface area contributed by atoms with Gasteiger partial charge in [0.15, 0.2) is 0 Å². The number of rotatable bonds is 4. The molecule has 0 aliphatic carbocycles. The van der Waals surface area contributed by atoms with E-state index in [4.69, 9.17) is 23.2 Å². The fourth-order valence-corrected chi connectivity index (χ4v) is 3.12. The lowest BCUT2D eigenvalue weighted by Gasteiger charge is -2.31. The van der Waals surface area contributed by atoms with Gasteiger partial charge in [-0.05, 0) is 43.5 Å². The van der Waals surface area contributed by atoms with E-state index in [0.717, 1.165) is 24.9 Å². The first-order valence-electron chi connectivity index (χ1n) is 6.48. The summed E-state index contributed by atoms with van der Waals surface area (Å²) in [6.45, 7) is 2.88. The number of carboxylic acids is 1. The molecule has 0 aromatic heterocycles. The van der Waals surface area contributed by atoms with E-state index in [9.17, 15) is 9.90 Å². The average molecular weight is 302 g/mol. The highest BCUT2D eigenvalue weighted by Gasteiger charge is 2.35. The van der Waals surface area contributed by atoms with Gasteiger partial charge in [-0.3, -0.25) is 9.69 Å². The summed E-state index contributed by atoms with van der Waals surface area (Å²) in [5, 5.41) is 10.3. The highest BCUT2D eigenvalue weighted by Crippen LogP contribution is 2.34. The number of carboxylic acid groups (broad SMARTS) is 1. The number of hydrogen-bond donors (Lipinski definition) is 1. The summed E-state index contributed by atoms with van der Waals surface area (Å²) in [6.07, 6.45) is 2.49. The molecule has 1 heterocycles. The molecule has 1 aromatic rings. The van der Waals surface area contributed by atoms with Gasteiger partial charge in [0.05, 0.1) is 10.0 Å². The van der Waals surface area contributed by atoms with Crippen molar-refractivity contribution in [3.8, 4) is 0 Å². The highest BCUT2D eigenvalue weighted by atomic mass is 35.5. The molecule has 2 rings (SSSR count). The Hall–Kier alpha value is -0.770. The van der Waals surface area contributed by atoms with Crippen LogP contribution in [0.1, 0.15) is 37.8 Å². The molecule has 104 valence electrons. The third-order valence-corrected chi connectivity index (χ3v) is 4.43. The van der Waals surface area contributed by atoms with E-state index in [1.165, 1.54) is 0 Å². The van der Waals surface area contributed by atoms with Crippen molar-refractivity contribution in [1.82, 2.24) is 4.90 Å². The molecule has 1 aromatic carbocycles. The van der Waals surface area contributed by atoms with Gasteiger partial charge in [-0.25, -0.2) is 0 Å². The second-order valence-corrected chi connectivity index (χ2v) is 5.65. The number of benzene rings is 1. The van der Waals surface area contributed by atoms with Gasteiger partial charge in [0.1, 0.15) is 6.04 Å². The Bertz CT molecular complexity index is 479. The summed E-state index contributed by atoms with van der Waals surface area (Å²) in [7, 11) is 0. The topological polar surface area (TPSA) is 40.5 Å². The molecule has 1 saturated heterocycles. The van der Waals surface area contributed by atoms with Crippen molar-refractivity contribution >= 4 is 29.2 Å². The minimum atomic E-state index is -0.740. The number of likely N-dealkylation sites (tertiary alicyclic amines) is 1. The van der Waals surface area contributed by atoms with Crippen molar-refractivity contribution in [2.75, 3.05) is 6.54 Å². The monoisotopic (exact) mass is 301 g/mol. The van der Waals surface area contributed by atoms with Crippen molar-refractivity contribution in [2.24, 2.45) is 0 Å². The first-order valence-corrected chi connectivity index (χ1v) is 7.23. The predicted molar refractivity (Wildman–Crippen MR) is 76.9 cm³/mol. The molecule has 0 radical (unpaired) electrons. The fourth-order valence-electron chi connectivity index (χ4n) is 2.81. The van der Waals surface area contributed by atoms with E-state index in [1.807, 2.05) is 12.1 Å². The van der Waals surface area contributed by atoms with Crippen LogP contribution in [0.5, 0.6) is 0 Å². The van der Waals surface area contributed by atoms with Gasteiger partial charge in [-0.15, -0.1) is 0 Å². The zero-order chi connectivity index (χ0) is 14.0. The lowest BCUT2D eigenvalue weighted by molar-refractivity contribution is -0.143. The number of aliphatic carboxylic acids is 1. The minimum absolute atomic E-state index is 0.0818. The summed E-state index contributed by atoms with van der Waals surface area (Å²) in [5.74, 6) is -0.740. The summed E-state index contributed by atoms with van der Waals surface area (Å²) >= 11 is 12.0. The third-order valence-electron chi connectivity index (χ3n) is 3.69. The number of hydrogen-bond acceptors (Lipinski definition) is 2. The van der Waals surface area contributed by atoms with Crippen molar-refractivity contribution in [3.63, 3.8) is 0 Å². The normalized spacial score (nSPS) is 21.5. The fraction of sp³-hybridized carbons (Fsp3) is 0.500. The maximum absolute atomic E-state index is 11.3. The van der Waals surface area contributed by atoms with Crippen LogP contribution >= 0.6 is 23.2 Å². The smallest absolute Gasteiger partial charge is 0.320 e. The zero-order valence-corrected chi connectivity index (χ0v) is 12.3. The molecule has 19 heavy (non-hydrogen) atoms. The van der Waals surface area contributed by atoms with Crippen molar-refractivity contribution in [3.05, 3.63) is 33.8 Å². The molecule has 0 saturated carbocycles. The van der Waals surface area contributed by atoms with Gasteiger partial charge in [0.25, 0.3) is 0 Å². The van der Waals surface area contributed by atoms with Crippen LogP contribution in [0, 0.1) is 0 Å². The summed E-state index contributed by atoms with van der Waals surface area (Å²) in [5.41, 5.74) is 1.03. The van der Waals surface area contributed by atoms with Crippen LogP contribution < -0.4 is 0 Å². The van der Waals surface area contributed by atoms with E-state index in [1.54, 1.807) is 6.07 Å². The van der Waals surface area contributed by atoms with Crippen molar-refractivity contribution in [1.29, 1.82) is 0 Å². The Morgan fingerprint density at radius 3 is 2.79 bits per heavy atom. The van der Waals surface area contributed by atoms with Gasteiger partial charge in [-0.2, -0.15) is 0 Å². The van der Waals surface area contributed by atoms with E-state index in [2.05, 4.69) is 11.8 Å². The molecule has 3 nitrogen and oxygen atoms in total. The minimum Gasteiger partial charge on any atom is -0.480 e. The molecular formula is C14H17Cl2NO2. The Labute approximate surface area is 123 Å². The predicted octanol–water partition coefficient (Wildman–Crippen LogP) is 3.99. The van der Waals surface area contributed by atoms with Crippen LogP contribution in [-0.4, -0.2) is 28.6 Å². The third kappa shape index (κ3) is 3.04. The SMILES string of the molecule is CCC(c1ccc(Cl)c(Cl)c1)N1CCCC1C(=O)O. The lowest BCUT2D eigenvalue weighted by atomic mass is 10.0.